The van der Waals surface area contributed by atoms with Gasteiger partial charge in [0.15, 0.2) is 0 Å². The third-order valence-electron chi connectivity index (χ3n) is 3.68. The van der Waals surface area contributed by atoms with Crippen LogP contribution in [0.2, 0.25) is 0 Å². The molecule has 110 valence electrons. The number of carbonyl (C=O) groups excluding carboxylic acids is 1. The average Bonchev–Trinajstić information content (AvgIpc) is 2.30. The largest absolute Gasteiger partial charge is 0.351 e. The van der Waals surface area contributed by atoms with Crippen molar-refractivity contribution in [3.8, 4) is 0 Å². The van der Waals surface area contributed by atoms with Crippen molar-refractivity contribution in [3.05, 3.63) is 11.6 Å². The molecule has 0 bridgehead atoms. The van der Waals surface area contributed by atoms with Crippen molar-refractivity contribution in [1.29, 1.82) is 0 Å². The van der Waals surface area contributed by atoms with E-state index >= 15 is 0 Å². The van der Waals surface area contributed by atoms with Crippen LogP contribution >= 0.6 is 0 Å². The quantitative estimate of drug-likeness (QED) is 0.764. The number of likely N-dealkylation sites (N-methyl/N-ethyl adjacent to an activating group) is 1. The molecule has 0 aromatic heterocycles. The minimum absolute atomic E-state index is 0.0276. The maximum absolute atomic E-state index is 11.7. The molecular weight excluding hydrogens is 238 g/mol. The molecule has 0 aliphatic carbocycles. The van der Waals surface area contributed by atoms with Crippen LogP contribution in [0.3, 0.4) is 0 Å². The molecule has 0 aromatic carbocycles. The van der Waals surface area contributed by atoms with Gasteiger partial charge in [-0.15, -0.1) is 0 Å². The number of amides is 1. The number of rotatable bonds is 5. The van der Waals surface area contributed by atoms with E-state index in [0.29, 0.717) is 12.0 Å². The second-order valence-corrected chi connectivity index (χ2v) is 6.12. The lowest BCUT2D eigenvalue weighted by atomic mass is 10.0. The Morgan fingerprint density at radius 2 is 1.79 bits per heavy atom. The smallest absolute Gasteiger partial charge is 0.243 e. The fourth-order valence-corrected chi connectivity index (χ4v) is 2.46. The predicted octanol–water partition coefficient (Wildman–Crippen LogP) is 1.34. The fraction of sp³-hybridized carbons (Fsp3) is 0.800. The molecule has 4 nitrogen and oxygen atoms in total. The normalized spacial score (nSPS) is 19.3. The van der Waals surface area contributed by atoms with Crippen molar-refractivity contribution < 1.29 is 4.79 Å². The standard InChI is InChI=1S/C15H29N3O/c1-12(2)10-15(19)16-11-14(13(3)4)18-8-6-17(5)7-9-18/h10,13-14H,6-9,11H2,1-5H3,(H,16,19)/t14-/m1/s1. The summed E-state index contributed by atoms with van der Waals surface area (Å²) in [5.41, 5.74) is 1.04. The number of hydrogen-bond donors (Lipinski definition) is 1. The highest BCUT2D eigenvalue weighted by molar-refractivity contribution is 5.88. The van der Waals surface area contributed by atoms with E-state index in [1.165, 1.54) is 0 Å². The summed E-state index contributed by atoms with van der Waals surface area (Å²) in [7, 11) is 2.16. The number of allylic oxidation sites excluding steroid dienone is 1. The highest BCUT2D eigenvalue weighted by Gasteiger charge is 2.24. The monoisotopic (exact) mass is 267 g/mol. The van der Waals surface area contributed by atoms with Gasteiger partial charge in [-0.3, -0.25) is 9.69 Å². The highest BCUT2D eigenvalue weighted by Crippen LogP contribution is 2.12. The zero-order valence-electron chi connectivity index (χ0n) is 13.1. The lowest BCUT2D eigenvalue weighted by molar-refractivity contribution is -0.116. The van der Waals surface area contributed by atoms with Crippen LogP contribution in [0, 0.1) is 5.92 Å². The van der Waals surface area contributed by atoms with Gasteiger partial charge in [0.25, 0.3) is 0 Å². The average molecular weight is 267 g/mol. The number of hydrogen-bond acceptors (Lipinski definition) is 3. The van der Waals surface area contributed by atoms with Gasteiger partial charge in [-0.25, -0.2) is 0 Å². The number of nitrogens with one attached hydrogen (secondary N) is 1. The van der Waals surface area contributed by atoms with Crippen LogP contribution < -0.4 is 5.32 Å². The summed E-state index contributed by atoms with van der Waals surface area (Å²) in [6.07, 6.45) is 1.67. The molecule has 0 spiro atoms. The highest BCUT2D eigenvalue weighted by atomic mass is 16.1. The van der Waals surface area contributed by atoms with Crippen molar-refractivity contribution in [2.24, 2.45) is 5.92 Å². The molecule has 0 radical (unpaired) electrons. The Kier molecular flexibility index (Phi) is 6.52. The van der Waals surface area contributed by atoms with Crippen LogP contribution in [0.1, 0.15) is 27.7 Å². The van der Waals surface area contributed by atoms with Gasteiger partial charge < -0.3 is 10.2 Å². The zero-order chi connectivity index (χ0) is 14.4. The number of carbonyl (C=O) groups is 1. The van der Waals surface area contributed by atoms with E-state index in [1.54, 1.807) is 6.08 Å². The number of piperazine rings is 1. The number of nitrogens with zero attached hydrogens (tertiary/aromatic N) is 2. The molecule has 0 unspecified atom stereocenters. The van der Waals surface area contributed by atoms with Crippen LogP contribution in [0.15, 0.2) is 11.6 Å². The second kappa shape index (κ2) is 7.65. The third-order valence-corrected chi connectivity index (χ3v) is 3.68. The molecule has 1 N–H and O–H groups in total. The topological polar surface area (TPSA) is 35.6 Å². The van der Waals surface area contributed by atoms with Gasteiger partial charge in [0.05, 0.1) is 0 Å². The summed E-state index contributed by atoms with van der Waals surface area (Å²) in [6.45, 7) is 13.5. The van der Waals surface area contributed by atoms with Crippen LogP contribution in [-0.4, -0.2) is 61.5 Å². The molecular formula is C15H29N3O. The maximum atomic E-state index is 11.7. The Hall–Kier alpha value is -0.870. The molecule has 1 saturated heterocycles. The molecule has 1 amide bonds. The minimum Gasteiger partial charge on any atom is -0.351 e. The van der Waals surface area contributed by atoms with E-state index in [2.05, 4.69) is 36.0 Å². The first-order chi connectivity index (χ1) is 8.90. The molecule has 0 aromatic rings. The van der Waals surface area contributed by atoms with Gasteiger partial charge in [0.1, 0.15) is 0 Å². The molecule has 1 aliphatic heterocycles. The van der Waals surface area contributed by atoms with E-state index in [1.807, 2.05) is 13.8 Å². The maximum Gasteiger partial charge on any atom is 0.243 e. The van der Waals surface area contributed by atoms with Crippen molar-refractivity contribution in [2.45, 2.75) is 33.7 Å². The van der Waals surface area contributed by atoms with Crippen LogP contribution in [0.5, 0.6) is 0 Å². The summed E-state index contributed by atoms with van der Waals surface area (Å²) < 4.78 is 0. The van der Waals surface area contributed by atoms with Gasteiger partial charge in [0, 0.05) is 44.8 Å². The second-order valence-electron chi connectivity index (χ2n) is 6.12. The van der Waals surface area contributed by atoms with Crippen molar-refractivity contribution in [1.82, 2.24) is 15.1 Å². The van der Waals surface area contributed by atoms with Crippen LogP contribution in [-0.2, 0) is 4.79 Å². The van der Waals surface area contributed by atoms with E-state index in [9.17, 15) is 4.79 Å². The molecule has 1 rings (SSSR count). The van der Waals surface area contributed by atoms with Crippen LogP contribution in [0.25, 0.3) is 0 Å². The molecule has 1 fully saturated rings. The van der Waals surface area contributed by atoms with Crippen LogP contribution in [0.4, 0.5) is 0 Å². The molecule has 0 saturated carbocycles. The van der Waals surface area contributed by atoms with Crippen molar-refractivity contribution in [3.63, 3.8) is 0 Å². The lowest BCUT2D eigenvalue weighted by Gasteiger charge is -2.39. The van der Waals surface area contributed by atoms with E-state index < -0.39 is 0 Å². The van der Waals surface area contributed by atoms with Crippen molar-refractivity contribution >= 4 is 5.91 Å². The molecule has 1 heterocycles. The van der Waals surface area contributed by atoms with E-state index in [-0.39, 0.29) is 5.91 Å². The summed E-state index contributed by atoms with van der Waals surface area (Å²) in [4.78, 5) is 16.6. The predicted molar refractivity (Wildman–Crippen MR) is 80.1 cm³/mol. The molecule has 19 heavy (non-hydrogen) atoms. The summed E-state index contributed by atoms with van der Waals surface area (Å²) in [5.74, 6) is 0.579. The van der Waals surface area contributed by atoms with E-state index in [0.717, 1.165) is 38.3 Å². The Bertz CT molecular complexity index is 313. The van der Waals surface area contributed by atoms with Crippen molar-refractivity contribution in [2.75, 3.05) is 39.8 Å². The van der Waals surface area contributed by atoms with Gasteiger partial charge in [0.2, 0.25) is 5.91 Å². The Morgan fingerprint density at radius 1 is 1.21 bits per heavy atom. The van der Waals surface area contributed by atoms with Gasteiger partial charge in [-0.2, -0.15) is 0 Å². The Balaban J connectivity index is 2.49. The Labute approximate surface area is 117 Å². The summed E-state index contributed by atoms with van der Waals surface area (Å²) in [6, 6.07) is 0.434. The SMILES string of the molecule is CC(C)=CC(=O)NC[C@H](C(C)C)N1CCN(C)CC1. The first-order valence-corrected chi connectivity index (χ1v) is 7.25. The van der Waals surface area contributed by atoms with Gasteiger partial charge in [-0.05, 0) is 26.8 Å². The first-order valence-electron chi connectivity index (χ1n) is 7.25. The minimum atomic E-state index is 0.0276. The zero-order valence-corrected chi connectivity index (χ0v) is 13.1. The summed E-state index contributed by atoms with van der Waals surface area (Å²) >= 11 is 0. The van der Waals surface area contributed by atoms with Gasteiger partial charge >= 0.3 is 0 Å². The third kappa shape index (κ3) is 5.74. The van der Waals surface area contributed by atoms with E-state index in [4.69, 9.17) is 0 Å². The Morgan fingerprint density at radius 3 is 2.26 bits per heavy atom. The summed E-state index contributed by atoms with van der Waals surface area (Å²) in [5, 5.41) is 3.03. The molecule has 1 atom stereocenters. The molecule has 4 heteroatoms. The fourth-order valence-electron chi connectivity index (χ4n) is 2.46. The molecule has 1 aliphatic rings. The first kappa shape index (κ1) is 16.2. The van der Waals surface area contributed by atoms with Gasteiger partial charge in [-0.1, -0.05) is 19.4 Å². The lowest BCUT2D eigenvalue weighted by Crippen LogP contribution is -2.54.